The van der Waals surface area contributed by atoms with Gasteiger partial charge in [-0.15, -0.1) is 0 Å². The molecule has 0 bridgehead atoms. The van der Waals surface area contributed by atoms with Crippen LogP contribution < -0.4 is 9.80 Å². The zero-order valence-electron chi connectivity index (χ0n) is 33.7. The predicted molar refractivity (Wildman–Crippen MR) is 261 cm³/mol. The Kier molecular flexibility index (Phi) is 9.29. The second kappa shape index (κ2) is 15.7. The first-order valence-corrected chi connectivity index (χ1v) is 21.0. The first-order chi connectivity index (χ1) is 30.2. The van der Waals surface area contributed by atoms with E-state index in [1.807, 2.05) is 0 Å². The molecule has 11 aromatic rings. The molecular formula is C59H42N2. The third-order valence-corrected chi connectivity index (χ3v) is 12.0. The van der Waals surface area contributed by atoms with Crippen molar-refractivity contribution in [3.05, 3.63) is 254 Å². The van der Waals surface area contributed by atoms with E-state index in [1.54, 1.807) is 0 Å². The Hall–Kier alpha value is -7.94. The van der Waals surface area contributed by atoms with E-state index in [4.69, 9.17) is 0 Å². The Morgan fingerprint density at radius 2 is 0.689 bits per heavy atom. The zero-order chi connectivity index (χ0) is 40.5. The number of hydrogen-bond acceptors (Lipinski definition) is 2. The first-order valence-electron chi connectivity index (χ1n) is 21.0. The SMILES string of the molecule is c1ccc(N(c2ccccc2)c2ccc3c(-c4ccc5ccccc5c4)c4cc(N(c5ccccc5)c5ccccc5)ccc4c(Cc4ccc5ccccc5c4)c3c2)cc1. The molecule has 0 saturated heterocycles. The van der Waals surface area contributed by atoms with Crippen LogP contribution >= 0.6 is 0 Å². The Morgan fingerprint density at radius 3 is 1.21 bits per heavy atom. The molecule has 11 aromatic carbocycles. The molecule has 0 fully saturated rings. The van der Waals surface area contributed by atoms with Crippen LogP contribution in [-0.2, 0) is 6.42 Å². The molecular weight excluding hydrogens is 737 g/mol. The second-order valence-electron chi connectivity index (χ2n) is 15.7. The summed E-state index contributed by atoms with van der Waals surface area (Å²) in [4.78, 5) is 4.75. The van der Waals surface area contributed by atoms with E-state index >= 15 is 0 Å². The molecule has 0 aliphatic rings. The summed E-state index contributed by atoms with van der Waals surface area (Å²) in [5.41, 5.74) is 11.7. The number of hydrogen-bond donors (Lipinski definition) is 0. The molecule has 61 heavy (non-hydrogen) atoms. The van der Waals surface area contributed by atoms with Crippen LogP contribution in [0.5, 0.6) is 0 Å². The fourth-order valence-electron chi connectivity index (χ4n) is 9.17. The third-order valence-electron chi connectivity index (χ3n) is 12.0. The van der Waals surface area contributed by atoms with Gasteiger partial charge in [-0.2, -0.15) is 0 Å². The van der Waals surface area contributed by atoms with E-state index in [0.29, 0.717) is 0 Å². The highest BCUT2D eigenvalue weighted by Gasteiger charge is 2.22. The molecule has 0 aliphatic heterocycles. The van der Waals surface area contributed by atoms with Gasteiger partial charge in [-0.25, -0.2) is 0 Å². The molecule has 0 N–H and O–H groups in total. The minimum atomic E-state index is 0.774. The van der Waals surface area contributed by atoms with E-state index < -0.39 is 0 Å². The molecule has 0 amide bonds. The van der Waals surface area contributed by atoms with Gasteiger partial charge in [-0.05, 0) is 151 Å². The van der Waals surface area contributed by atoms with Gasteiger partial charge in [0.2, 0.25) is 0 Å². The summed E-state index contributed by atoms with van der Waals surface area (Å²) in [5, 5.41) is 9.91. The fraction of sp³-hybridized carbons (Fsp3) is 0.0169. The zero-order valence-corrected chi connectivity index (χ0v) is 33.7. The lowest BCUT2D eigenvalue weighted by Crippen LogP contribution is -2.10. The molecule has 0 aliphatic carbocycles. The number of para-hydroxylation sites is 4. The molecule has 0 atom stereocenters. The standard InChI is InChI=1S/C59H42N2/c1-5-21-48(22-6-1)60(49-23-7-2-8-24-49)52-34-36-55-57(40-52)56(38-42-29-30-43-17-13-15-19-45(43)37-42)54-35-33-53(61(50-25-9-3-10-26-50)51-27-11-4-12-28-51)41-58(54)59(55)47-32-31-44-18-14-16-20-46(44)39-47/h1-37,39-41H,38H2. The Labute approximate surface area is 356 Å². The predicted octanol–water partition coefficient (Wildman–Crippen LogP) is 16.5. The van der Waals surface area contributed by atoms with Crippen LogP contribution in [0.25, 0.3) is 54.2 Å². The highest BCUT2D eigenvalue weighted by Crippen LogP contribution is 2.46. The van der Waals surface area contributed by atoms with Crippen LogP contribution in [0.2, 0.25) is 0 Å². The van der Waals surface area contributed by atoms with Crippen LogP contribution in [0.3, 0.4) is 0 Å². The van der Waals surface area contributed by atoms with Crippen molar-refractivity contribution < 1.29 is 0 Å². The minimum Gasteiger partial charge on any atom is -0.310 e. The van der Waals surface area contributed by atoms with Crippen LogP contribution in [0.15, 0.2) is 243 Å². The van der Waals surface area contributed by atoms with E-state index in [9.17, 15) is 0 Å². The summed E-state index contributed by atoms with van der Waals surface area (Å²) in [6.07, 6.45) is 0.774. The van der Waals surface area contributed by atoms with Crippen LogP contribution in [0.4, 0.5) is 34.1 Å². The number of rotatable bonds is 9. The Balaban J connectivity index is 1.23. The van der Waals surface area contributed by atoms with Crippen molar-refractivity contribution in [2.75, 3.05) is 9.80 Å². The maximum absolute atomic E-state index is 2.43. The third kappa shape index (κ3) is 6.84. The van der Waals surface area contributed by atoms with Gasteiger partial charge in [-0.1, -0.05) is 164 Å². The Morgan fingerprint density at radius 1 is 0.262 bits per heavy atom. The normalized spacial score (nSPS) is 11.3. The highest BCUT2D eigenvalue weighted by molar-refractivity contribution is 6.17. The van der Waals surface area contributed by atoms with Gasteiger partial charge in [-0.3, -0.25) is 0 Å². The summed E-state index contributed by atoms with van der Waals surface area (Å²) in [5.74, 6) is 0. The quantitative estimate of drug-likeness (QED) is 0.135. The van der Waals surface area contributed by atoms with E-state index in [2.05, 4.69) is 252 Å². The summed E-state index contributed by atoms with van der Waals surface area (Å²) < 4.78 is 0. The molecule has 0 unspecified atom stereocenters. The average molecular weight is 779 g/mol. The Bertz CT molecular complexity index is 3250. The summed E-state index contributed by atoms with van der Waals surface area (Å²) in [6, 6.07) is 88.3. The van der Waals surface area contributed by atoms with Gasteiger partial charge in [0.25, 0.3) is 0 Å². The van der Waals surface area contributed by atoms with Crippen molar-refractivity contribution in [1.29, 1.82) is 0 Å². The largest absolute Gasteiger partial charge is 0.310 e. The highest BCUT2D eigenvalue weighted by atomic mass is 15.1. The van der Waals surface area contributed by atoms with Crippen molar-refractivity contribution >= 4 is 77.2 Å². The molecule has 2 heteroatoms. The van der Waals surface area contributed by atoms with Gasteiger partial charge < -0.3 is 9.80 Å². The topological polar surface area (TPSA) is 6.48 Å². The van der Waals surface area contributed by atoms with Crippen molar-refractivity contribution in [3.63, 3.8) is 0 Å². The summed E-state index contributed by atoms with van der Waals surface area (Å²) in [7, 11) is 0. The number of nitrogens with zero attached hydrogens (tertiary/aromatic N) is 2. The van der Waals surface area contributed by atoms with Crippen LogP contribution in [0.1, 0.15) is 11.1 Å². The second-order valence-corrected chi connectivity index (χ2v) is 15.7. The molecule has 0 radical (unpaired) electrons. The smallest absolute Gasteiger partial charge is 0.0468 e. The van der Waals surface area contributed by atoms with Crippen LogP contribution in [0, 0.1) is 0 Å². The van der Waals surface area contributed by atoms with Crippen LogP contribution in [-0.4, -0.2) is 0 Å². The van der Waals surface area contributed by atoms with Gasteiger partial charge in [0.1, 0.15) is 0 Å². The number of benzene rings is 11. The van der Waals surface area contributed by atoms with Gasteiger partial charge in [0.15, 0.2) is 0 Å². The molecule has 11 rings (SSSR count). The number of fused-ring (bicyclic) bond motifs is 4. The first kappa shape index (κ1) is 36.2. The van der Waals surface area contributed by atoms with Gasteiger partial charge >= 0.3 is 0 Å². The fourth-order valence-corrected chi connectivity index (χ4v) is 9.17. The molecule has 288 valence electrons. The van der Waals surface area contributed by atoms with Crippen molar-refractivity contribution in [1.82, 2.24) is 0 Å². The molecule has 0 aromatic heterocycles. The van der Waals surface area contributed by atoms with Crippen molar-refractivity contribution in [2.24, 2.45) is 0 Å². The lowest BCUT2D eigenvalue weighted by molar-refractivity contribution is 1.23. The monoisotopic (exact) mass is 778 g/mol. The van der Waals surface area contributed by atoms with Crippen molar-refractivity contribution in [2.45, 2.75) is 6.42 Å². The van der Waals surface area contributed by atoms with E-state index in [0.717, 1.165) is 40.5 Å². The molecule has 2 nitrogen and oxygen atoms in total. The molecule has 0 heterocycles. The summed E-state index contributed by atoms with van der Waals surface area (Å²) >= 11 is 0. The molecule has 0 saturated carbocycles. The van der Waals surface area contributed by atoms with Gasteiger partial charge in [0, 0.05) is 34.1 Å². The van der Waals surface area contributed by atoms with Crippen molar-refractivity contribution in [3.8, 4) is 11.1 Å². The van der Waals surface area contributed by atoms with E-state index in [1.165, 1.54) is 65.3 Å². The summed E-state index contributed by atoms with van der Waals surface area (Å²) in [6.45, 7) is 0. The lowest BCUT2D eigenvalue weighted by atomic mass is 9.85. The average Bonchev–Trinajstić information content (AvgIpc) is 3.33. The minimum absolute atomic E-state index is 0.774. The van der Waals surface area contributed by atoms with Gasteiger partial charge in [0.05, 0.1) is 0 Å². The lowest BCUT2D eigenvalue weighted by Gasteiger charge is -2.28. The number of anilines is 6. The molecule has 0 spiro atoms. The maximum atomic E-state index is 2.43. The van der Waals surface area contributed by atoms with E-state index in [-0.39, 0.29) is 0 Å². The maximum Gasteiger partial charge on any atom is 0.0468 e.